The van der Waals surface area contributed by atoms with Crippen molar-refractivity contribution >= 4 is 11.8 Å². The van der Waals surface area contributed by atoms with Gasteiger partial charge in [0, 0.05) is 6.54 Å². The van der Waals surface area contributed by atoms with E-state index in [0.29, 0.717) is 12.1 Å². The molecule has 2 N–H and O–H groups in total. The zero-order valence-electron chi connectivity index (χ0n) is 9.51. The molecule has 2 amide bonds. The second-order valence-corrected chi connectivity index (χ2v) is 3.94. The van der Waals surface area contributed by atoms with Crippen LogP contribution in [0.15, 0.2) is 24.3 Å². The summed E-state index contributed by atoms with van der Waals surface area (Å²) in [5.41, 5.74) is 0.680. The summed E-state index contributed by atoms with van der Waals surface area (Å²) in [4.78, 5) is 25.0. The smallest absolute Gasteiger partial charge is 0.250 e. The Morgan fingerprint density at radius 1 is 1.35 bits per heavy atom. The van der Waals surface area contributed by atoms with Crippen LogP contribution in [0.5, 0.6) is 5.75 Å². The van der Waals surface area contributed by atoms with Gasteiger partial charge in [0.15, 0.2) is 0 Å². The maximum atomic E-state index is 12.0. The molecule has 0 spiro atoms. The number of nitrogens with zero attached hydrogens (tertiary/aromatic N) is 1. The zero-order valence-corrected chi connectivity index (χ0v) is 9.51. The molecule has 1 aliphatic heterocycles. The molecule has 1 aliphatic rings. The molecule has 0 aromatic heterocycles. The third-order valence-electron chi connectivity index (χ3n) is 2.81. The third-order valence-corrected chi connectivity index (χ3v) is 2.81. The minimum absolute atomic E-state index is 0.113. The second-order valence-electron chi connectivity index (χ2n) is 3.94. The number of likely N-dealkylation sites (N-methyl/N-ethyl adjacent to an activating group) is 1. The highest BCUT2D eigenvalue weighted by Gasteiger charge is 2.32. The molecule has 1 heterocycles. The Bertz CT molecular complexity index is 442. The lowest BCUT2D eigenvalue weighted by Crippen LogP contribution is -2.53. The lowest BCUT2D eigenvalue weighted by molar-refractivity contribution is -0.144. The van der Waals surface area contributed by atoms with Crippen molar-refractivity contribution in [3.63, 3.8) is 0 Å². The van der Waals surface area contributed by atoms with E-state index >= 15 is 0 Å². The summed E-state index contributed by atoms with van der Waals surface area (Å²) >= 11 is 0. The first kappa shape index (κ1) is 11.4. The number of amides is 2. The fraction of sp³-hybridized carbons (Fsp3) is 0.333. The van der Waals surface area contributed by atoms with Crippen molar-refractivity contribution < 1.29 is 14.7 Å². The monoisotopic (exact) mass is 234 g/mol. The molecular formula is C12H14N2O3. The van der Waals surface area contributed by atoms with Crippen LogP contribution in [-0.4, -0.2) is 34.9 Å². The first-order chi connectivity index (χ1) is 8.11. The Balaban J connectivity index is 2.27. The molecule has 5 heteroatoms. The van der Waals surface area contributed by atoms with Crippen molar-refractivity contribution in [3.05, 3.63) is 29.8 Å². The number of hydrogen-bond donors (Lipinski definition) is 2. The fourth-order valence-corrected chi connectivity index (χ4v) is 1.86. The largest absolute Gasteiger partial charge is 0.508 e. The summed E-state index contributed by atoms with van der Waals surface area (Å²) < 4.78 is 0. The summed E-state index contributed by atoms with van der Waals surface area (Å²) in [5.74, 6) is -0.141. The number of benzene rings is 1. The predicted molar refractivity (Wildman–Crippen MR) is 61.2 cm³/mol. The number of piperazine rings is 1. The molecule has 1 aromatic carbocycles. The van der Waals surface area contributed by atoms with E-state index in [9.17, 15) is 14.7 Å². The van der Waals surface area contributed by atoms with E-state index in [1.807, 2.05) is 6.92 Å². The summed E-state index contributed by atoms with van der Waals surface area (Å²) in [6, 6.07) is 5.63. The quantitative estimate of drug-likeness (QED) is 0.778. The van der Waals surface area contributed by atoms with Crippen LogP contribution in [0.4, 0.5) is 0 Å². The second kappa shape index (κ2) is 4.45. The zero-order chi connectivity index (χ0) is 12.4. The van der Waals surface area contributed by atoms with E-state index in [-0.39, 0.29) is 24.1 Å². The van der Waals surface area contributed by atoms with Gasteiger partial charge in [-0.05, 0) is 24.6 Å². The Hall–Kier alpha value is -2.04. The average Bonchev–Trinajstić information content (AvgIpc) is 2.33. The van der Waals surface area contributed by atoms with Crippen molar-refractivity contribution in [3.8, 4) is 5.75 Å². The highest BCUT2D eigenvalue weighted by molar-refractivity contribution is 5.95. The number of aromatic hydroxyl groups is 1. The topological polar surface area (TPSA) is 69.6 Å². The number of phenolic OH excluding ortho intramolecular Hbond substituents is 1. The minimum Gasteiger partial charge on any atom is -0.508 e. The lowest BCUT2D eigenvalue weighted by atomic mass is 10.0. The fourth-order valence-electron chi connectivity index (χ4n) is 1.86. The van der Waals surface area contributed by atoms with E-state index in [1.54, 1.807) is 12.1 Å². The van der Waals surface area contributed by atoms with E-state index in [0.717, 1.165) is 0 Å². The molecule has 0 saturated carbocycles. The van der Waals surface area contributed by atoms with Crippen LogP contribution < -0.4 is 5.32 Å². The molecule has 0 aliphatic carbocycles. The van der Waals surface area contributed by atoms with Gasteiger partial charge in [-0.15, -0.1) is 0 Å². The molecule has 1 atom stereocenters. The molecule has 0 unspecified atom stereocenters. The molecule has 90 valence electrons. The number of carbonyl (C=O) groups is 2. The number of phenols is 1. The molecule has 1 saturated heterocycles. The minimum atomic E-state index is -0.642. The molecule has 0 radical (unpaired) electrons. The SMILES string of the molecule is CCN1CC(=O)N[C@@H](c2ccc(O)cc2)C1=O. The Labute approximate surface area is 99.0 Å². The van der Waals surface area contributed by atoms with Crippen molar-refractivity contribution in [2.75, 3.05) is 13.1 Å². The van der Waals surface area contributed by atoms with Crippen LogP contribution in [0, 0.1) is 0 Å². The van der Waals surface area contributed by atoms with Crippen LogP contribution in [0.3, 0.4) is 0 Å². The van der Waals surface area contributed by atoms with Crippen molar-refractivity contribution in [2.45, 2.75) is 13.0 Å². The molecule has 2 rings (SSSR count). The molecule has 17 heavy (non-hydrogen) atoms. The van der Waals surface area contributed by atoms with E-state index < -0.39 is 6.04 Å². The van der Waals surface area contributed by atoms with Crippen LogP contribution in [0.1, 0.15) is 18.5 Å². The van der Waals surface area contributed by atoms with Crippen LogP contribution >= 0.6 is 0 Å². The van der Waals surface area contributed by atoms with Gasteiger partial charge < -0.3 is 15.3 Å². The number of hydrogen-bond acceptors (Lipinski definition) is 3. The maximum Gasteiger partial charge on any atom is 0.250 e. The predicted octanol–water partition coefficient (Wildman–Crippen LogP) is 0.412. The summed E-state index contributed by atoms with van der Waals surface area (Å²) in [7, 11) is 0. The number of nitrogens with one attached hydrogen (secondary N) is 1. The summed E-state index contributed by atoms with van der Waals surface area (Å²) in [5, 5.41) is 11.8. The van der Waals surface area contributed by atoms with Gasteiger partial charge in [-0.2, -0.15) is 0 Å². The molecule has 5 nitrogen and oxygen atoms in total. The lowest BCUT2D eigenvalue weighted by Gasteiger charge is -2.31. The number of rotatable bonds is 2. The van der Waals surface area contributed by atoms with E-state index in [4.69, 9.17) is 0 Å². The van der Waals surface area contributed by atoms with E-state index in [2.05, 4.69) is 5.32 Å². The normalized spacial score (nSPS) is 20.3. The molecule has 1 fully saturated rings. The maximum absolute atomic E-state index is 12.0. The summed E-state index contributed by atoms with van der Waals surface area (Å²) in [6.07, 6.45) is 0. The van der Waals surface area contributed by atoms with Gasteiger partial charge in [0.1, 0.15) is 11.8 Å². The molecule has 0 bridgehead atoms. The van der Waals surface area contributed by atoms with E-state index in [1.165, 1.54) is 17.0 Å². The van der Waals surface area contributed by atoms with Crippen LogP contribution in [-0.2, 0) is 9.59 Å². The van der Waals surface area contributed by atoms with Crippen molar-refractivity contribution in [1.82, 2.24) is 10.2 Å². The van der Waals surface area contributed by atoms with Gasteiger partial charge >= 0.3 is 0 Å². The average molecular weight is 234 g/mol. The first-order valence-corrected chi connectivity index (χ1v) is 5.49. The first-order valence-electron chi connectivity index (χ1n) is 5.49. The van der Waals surface area contributed by atoms with Gasteiger partial charge in [-0.1, -0.05) is 12.1 Å². The van der Waals surface area contributed by atoms with Gasteiger partial charge in [0.2, 0.25) is 11.8 Å². The molecular weight excluding hydrogens is 220 g/mol. The molecule has 1 aromatic rings. The highest BCUT2D eigenvalue weighted by Crippen LogP contribution is 2.21. The third kappa shape index (κ3) is 2.22. The Morgan fingerprint density at radius 3 is 2.59 bits per heavy atom. The Morgan fingerprint density at radius 2 is 2.00 bits per heavy atom. The summed E-state index contributed by atoms with van der Waals surface area (Å²) in [6.45, 7) is 2.47. The van der Waals surface area contributed by atoms with Gasteiger partial charge in [-0.3, -0.25) is 9.59 Å². The van der Waals surface area contributed by atoms with Crippen molar-refractivity contribution in [2.24, 2.45) is 0 Å². The van der Waals surface area contributed by atoms with Crippen LogP contribution in [0.2, 0.25) is 0 Å². The highest BCUT2D eigenvalue weighted by atomic mass is 16.3. The number of carbonyl (C=O) groups excluding carboxylic acids is 2. The van der Waals surface area contributed by atoms with Crippen LogP contribution in [0.25, 0.3) is 0 Å². The van der Waals surface area contributed by atoms with Crippen molar-refractivity contribution in [1.29, 1.82) is 0 Å². The van der Waals surface area contributed by atoms with Gasteiger partial charge in [0.05, 0.1) is 6.54 Å². The Kier molecular flexibility index (Phi) is 2.99. The van der Waals surface area contributed by atoms with Gasteiger partial charge in [0.25, 0.3) is 0 Å². The standard InChI is InChI=1S/C12H14N2O3/c1-2-14-7-10(16)13-11(12(14)17)8-3-5-9(15)6-4-8/h3-6,11,15H,2,7H2,1H3,(H,13,16)/t11-/m0/s1. The van der Waals surface area contributed by atoms with Gasteiger partial charge in [-0.25, -0.2) is 0 Å².